The first kappa shape index (κ1) is 24.0. The van der Waals surface area contributed by atoms with E-state index in [9.17, 15) is 14.0 Å². The lowest BCUT2D eigenvalue weighted by Crippen LogP contribution is -2.45. The van der Waals surface area contributed by atoms with Crippen molar-refractivity contribution in [2.45, 2.75) is 6.61 Å². The SMILES string of the molecule is CN1CCN(c2cc3c(cc2F)c(=O)n(OCc2ccccc2)c(=O)n3-c2ccc(F)c(Cl)c2)CC1. The third-order valence-electron chi connectivity index (χ3n) is 6.29. The molecule has 0 radical (unpaired) electrons. The predicted molar refractivity (Wildman–Crippen MR) is 135 cm³/mol. The van der Waals surface area contributed by atoms with E-state index < -0.39 is 22.9 Å². The number of piperazine rings is 1. The molecule has 0 amide bonds. The summed E-state index contributed by atoms with van der Waals surface area (Å²) in [6.07, 6.45) is 0. The van der Waals surface area contributed by atoms with Crippen molar-refractivity contribution in [3.05, 3.63) is 104 Å². The Morgan fingerprint density at radius 3 is 2.33 bits per heavy atom. The monoisotopic (exact) mass is 512 g/mol. The second kappa shape index (κ2) is 9.75. The van der Waals surface area contributed by atoms with Crippen LogP contribution in [0.15, 0.2) is 70.3 Å². The van der Waals surface area contributed by atoms with Gasteiger partial charge >= 0.3 is 5.69 Å². The lowest BCUT2D eigenvalue weighted by atomic mass is 10.1. The molecule has 1 aliphatic rings. The highest BCUT2D eigenvalue weighted by Crippen LogP contribution is 2.27. The van der Waals surface area contributed by atoms with Crippen LogP contribution in [0.25, 0.3) is 16.6 Å². The first-order valence-corrected chi connectivity index (χ1v) is 11.8. The van der Waals surface area contributed by atoms with Crippen LogP contribution < -0.4 is 21.0 Å². The van der Waals surface area contributed by atoms with Crippen LogP contribution >= 0.6 is 11.6 Å². The number of nitrogens with zero attached hydrogens (tertiary/aromatic N) is 4. The van der Waals surface area contributed by atoms with E-state index in [1.807, 2.05) is 18.0 Å². The average Bonchev–Trinajstić information content (AvgIpc) is 2.87. The second-order valence-electron chi connectivity index (χ2n) is 8.69. The zero-order chi connectivity index (χ0) is 25.4. The fourth-order valence-electron chi connectivity index (χ4n) is 4.29. The van der Waals surface area contributed by atoms with E-state index in [1.165, 1.54) is 22.8 Å². The normalized spacial score (nSPS) is 14.4. The average molecular weight is 513 g/mol. The van der Waals surface area contributed by atoms with Gasteiger partial charge in [0.25, 0.3) is 5.56 Å². The van der Waals surface area contributed by atoms with E-state index >= 15 is 4.39 Å². The summed E-state index contributed by atoms with van der Waals surface area (Å²) in [6, 6.07) is 15.4. The molecule has 3 aromatic carbocycles. The Kier molecular flexibility index (Phi) is 6.51. The molecule has 0 aliphatic carbocycles. The maximum atomic E-state index is 15.3. The van der Waals surface area contributed by atoms with Gasteiger partial charge in [-0.05, 0) is 42.9 Å². The van der Waals surface area contributed by atoms with Crippen LogP contribution in [0.1, 0.15) is 5.56 Å². The minimum Gasteiger partial charge on any atom is -0.401 e. The number of benzene rings is 3. The number of halogens is 3. The second-order valence-corrected chi connectivity index (χ2v) is 9.09. The number of likely N-dealkylation sites (N-methyl/N-ethyl adjacent to an activating group) is 1. The molecule has 186 valence electrons. The van der Waals surface area contributed by atoms with E-state index in [0.717, 1.165) is 30.8 Å². The third kappa shape index (κ3) is 4.47. The maximum absolute atomic E-state index is 15.3. The van der Waals surface area contributed by atoms with Crippen molar-refractivity contribution in [1.82, 2.24) is 14.2 Å². The van der Waals surface area contributed by atoms with Crippen LogP contribution in [-0.4, -0.2) is 47.4 Å². The fourth-order valence-corrected chi connectivity index (χ4v) is 4.46. The first-order chi connectivity index (χ1) is 17.3. The van der Waals surface area contributed by atoms with Crippen molar-refractivity contribution in [3.63, 3.8) is 0 Å². The molecule has 36 heavy (non-hydrogen) atoms. The van der Waals surface area contributed by atoms with Gasteiger partial charge in [0.1, 0.15) is 18.2 Å². The van der Waals surface area contributed by atoms with Crippen molar-refractivity contribution in [2.75, 3.05) is 38.1 Å². The number of rotatable bonds is 5. The zero-order valence-electron chi connectivity index (χ0n) is 19.5. The Balaban J connectivity index is 1.71. The first-order valence-electron chi connectivity index (χ1n) is 11.4. The van der Waals surface area contributed by atoms with Gasteiger partial charge in [0.2, 0.25) is 0 Å². The molecule has 0 saturated carbocycles. The molecule has 5 rings (SSSR count). The van der Waals surface area contributed by atoms with Crippen LogP contribution in [0.2, 0.25) is 5.02 Å². The highest BCUT2D eigenvalue weighted by molar-refractivity contribution is 6.30. The summed E-state index contributed by atoms with van der Waals surface area (Å²) in [6.45, 7) is 2.60. The topological polar surface area (TPSA) is 59.7 Å². The quantitative estimate of drug-likeness (QED) is 0.410. The van der Waals surface area contributed by atoms with Crippen molar-refractivity contribution in [2.24, 2.45) is 0 Å². The maximum Gasteiger partial charge on any atom is 0.369 e. The molecule has 0 spiro atoms. The molecule has 1 saturated heterocycles. The fraction of sp³-hybridized carbons (Fsp3) is 0.231. The van der Waals surface area contributed by atoms with E-state index in [4.69, 9.17) is 16.4 Å². The van der Waals surface area contributed by atoms with Gasteiger partial charge in [0, 0.05) is 26.2 Å². The molecule has 2 heterocycles. The summed E-state index contributed by atoms with van der Waals surface area (Å²) in [5, 5.41) is -0.254. The van der Waals surface area contributed by atoms with Gasteiger partial charge in [0.15, 0.2) is 0 Å². The standard InChI is InChI=1S/C26H23ClF2N4O3/c1-30-9-11-31(12-10-30)24-15-23-19(14-22(24)29)25(34)33(36-16-17-5-3-2-4-6-17)26(35)32(23)18-7-8-21(28)20(27)13-18/h2-8,13-15H,9-12,16H2,1H3. The third-order valence-corrected chi connectivity index (χ3v) is 6.58. The van der Waals surface area contributed by atoms with Crippen molar-refractivity contribution >= 4 is 28.2 Å². The Labute approximate surface area is 210 Å². The lowest BCUT2D eigenvalue weighted by Gasteiger charge is -2.34. The Bertz CT molecular complexity index is 1550. The van der Waals surface area contributed by atoms with Crippen molar-refractivity contribution in [1.29, 1.82) is 0 Å². The van der Waals surface area contributed by atoms with Gasteiger partial charge in [-0.1, -0.05) is 46.7 Å². The molecular formula is C26H23ClF2N4O3. The molecule has 1 aliphatic heterocycles. The van der Waals surface area contributed by atoms with Gasteiger partial charge in [-0.2, -0.15) is 0 Å². The van der Waals surface area contributed by atoms with Crippen LogP contribution in [0.4, 0.5) is 14.5 Å². The molecule has 0 N–H and O–H groups in total. The van der Waals surface area contributed by atoms with E-state index in [1.54, 1.807) is 24.3 Å². The van der Waals surface area contributed by atoms with Gasteiger partial charge in [-0.3, -0.25) is 9.36 Å². The summed E-state index contributed by atoms with van der Waals surface area (Å²) in [4.78, 5) is 36.5. The summed E-state index contributed by atoms with van der Waals surface area (Å²) in [5.74, 6) is -1.24. The molecular weight excluding hydrogens is 490 g/mol. The van der Waals surface area contributed by atoms with Crippen molar-refractivity contribution in [3.8, 4) is 5.69 Å². The van der Waals surface area contributed by atoms with Gasteiger partial charge in [-0.25, -0.2) is 13.6 Å². The van der Waals surface area contributed by atoms with Gasteiger partial charge < -0.3 is 14.6 Å². The summed E-state index contributed by atoms with van der Waals surface area (Å²) in [7, 11) is 1.99. The summed E-state index contributed by atoms with van der Waals surface area (Å²) in [5.41, 5.74) is -0.218. The molecule has 7 nitrogen and oxygen atoms in total. The number of hydrogen-bond donors (Lipinski definition) is 0. The Morgan fingerprint density at radius 1 is 0.917 bits per heavy atom. The number of anilines is 1. The lowest BCUT2D eigenvalue weighted by molar-refractivity contribution is 0.0789. The van der Waals surface area contributed by atoms with E-state index in [2.05, 4.69) is 4.90 Å². The summed E-state index contributed by atoms with van der Waals surface area (Å²) < 4.78 is 31.0. The van der Waals surface area contributed by atoms with E-state index in [-0.39, 0.29) is 33.9 Å². The van der Waals surface area contributed by atoms with Crippen LogP contribution in [0.3, 0.4) is 0 Å². The molecule has 0 bridgehead atoms. The number of fused-ring (bicyclic) bond motifs is 1. The molecule has 4 aromatic rings. The van der Waals surface area contributed by atoms with E-state index in [0.29, 0.717) is 17.8 Å². The molecule has 1 aromatic heterocycles. The van der Waals surface area contributed by atoms with Gasteiger partial charge in [0.05, 0.1) is 27.3 Å². The molecule has 0 unspecified atom stereocenters. The number of aromatic nitrogens is 2. The Hall–Kier alpha value is -3.69. The van der Waals surface area contributed by atoms with Crippen molar-refractivity contribution < 1.29 is 13.6 Å². The van der Waals surface area contributed by atoms with Gasteiger partial charge in [-0.15, -0.1) is 0 Å². The zero-order valence-corrected chi connectivity index (χ0v) is 20.2. The molecule has 1 fully saturated rings. The minimum absolute atomic E-state index is 0.0570. The van der Waals surface area contributed by atoms with Crippen LogP contribution in [0.5, 0.6) is 0 Å². The van der Waals surface area contributed by atoms with Crippen LogP contribution in [-0.2, 0) is 6.61 Å². The van der Waals surface area contributed by atoms with Crippen LogP contribution in [0, 0.1) is 11.6 Å². The highest BCUT2D eigenvalue weighted by Gasteiger charge is 2.23. The smallest absolute Gasteiger partial charge is 0.369 e. The predicted octanol–water partition coefficient (Wildman–Crippen LogP) is 3.46. The number of hydrogen-bond acceptors (Lipinski definition) is 5. The minimum atomic E-state index is -0.818. The summed E-state index contributed by atoms with van der Waals surface area (Å²) >= 11 is 6.01. The highest BCUT2D eigenvalue weighted by atomic mass is 35.5. The molecule has 0 atom stereocenters. The molecule has 10 heteroatoms. The Morgan fingerprint density at radius 2 is 1.64 bits per heavy atom. The largest absolute Gasteiger partial charge is 0.401 e.